The van der Waals surface area contributed by atoms with E-state index < -0.39 is 22.6 Å². The van der Waals surface area contributed by atoms with Gasteiger partial charge in [0.1, 0.15) is 18.1 Å². The average Bonchev–Trinajstić information content (AvgIpc) is 2.96. The standard InChI is InChI=1S/C22H24F3N3O3S2/c1-13(2)31-19-9-8-16(33(4,29)30)10-15(19)11-20(32)27-18-7-5-6-17-21(18)28(14(3)26-17)12-22(23,24)25/h5-10,13H,11-12H2,1-4H3,(H,27,32). The van der Waals surface area contributed by atoms with Gasteiger partial charge in [-0.15, -0.1) is 0 Å². The SMILES string of the molecule is Cc1nc2cccc(NC(=S)Cc3cc(S(C)(=O)=O)ccc3OC(C)C)c2n1CC(F)(F)F. The maximum atomic E-state index is 13.1. The molecule has 0 amide bonds. The van der Waals surface area contributed by atoms with Crippen LogP contribution in [0.2, 0.25) is 0 Å². The number of aryl methyl sites for hydroxylation is 1. The quantitative estimate of drug-likeness (QED) is 0.457. The van der Waals surface area contributed by atoms with Crippen LogP contribution in [0.25, 0.3) is 11.0 Å². The van der Waals surface area contributed by atoms with Gasteiger partial charge in [-0.05, 0) is 51.1 Å². The summed E-state index contributed by atoms with van der Waals surface area (Å²) in [5.41, 5.74) is 1.63. The van der Waals surface area contributed by atoms with Crippen molar-refractivity contribution >= 4 is 43.8 Å². The van der Waals surface area contributed by atoms with Crippen LogP contribution in [0.3, 0.4) is 0 Å². The number of ether oxygens (including phenoxy) is 1. The number of hydrogen-bond acceptors (Lipinski definition) is 5. The Hall–Kier alpha value is -2.66. The second-order valence-corrected chi connectivity index (χ2v) is 10.5. The molecule has 0 aliphatic rings. The number of imidazole rings is 1. The zero-order chi connectivity index (χ0) is 24.6. The van der Waals surface area contributed by atoms with Crippen molar-refractivity contribution in [1.29, 1.82) is 0 Å². The van der Waals surface area contributed by atoms with Crippen molar-refractivity contribution in [2.45, 2.75) is 50.9 Å². The number of hydrogen-bond donors (Lipinski definition) is 1. The molecule has 0 fully saturated rings. The van der Waals surface area contributed by atoms with Crippen molar-refractivity contribution in [2.24, 2.45) is 0 Å². The largest absolute Gasteiger partial charge is 0.491 e. The number of benzene rings is 2. The Kier molecular flexibility index (Phi) is 7.04. The second-order valence-electron chi connectivity index (χ2n) is 7.97. The van der Waals surface area contributed by atoms with Crippen molar-refractivity contribution < 1.29 is 26.3 Å². The van der Waals surface area contributed by atoms with Crippen LogP contribution in [0.1, 0.15) is 25.2 Å². The maximum absolute atomic E-state index is 13.1. The molecule has 0 radical (unpaired) electrons. The molecule has 0 aliphatic carbocycles. The first kappa shape index (κ1) is 25.0. The van der Waals surface area contributed by atoms with E-state index in [1.54, 1.807) is 24.3 Å². The molecule has 3 rings (SSSR count). The van der Waals surface area contributed by atoms with Gasteiger partial charge in [0.25, 0.3) is 0 Å². The normalized spacial score (nSPS) is 12.4. The van der Waals surface area contributed by atoms with Gasteiger partial charge in [0.05, 0.1) is 32.7 Å². The third kappa shape index (κ3) is 6.23. The number of alkyl halides is 3. The lowest BCUT2D eigenvalue weighted by Crippen LogP contribution is -2.20. The van der Waals surface area contributed by atoms with Crippen LogP contribution in [0.4, 0.5) is 18.9 Å². The fraction of sp³-hybridized carbons (Fsp3) is 0.364. The number of sulfone groups is 1. The molecule has 0 bridgehead atoms. The Labute approximate surface area is 195 Å². The van der Waals surface area contributed by atoms with Gasteiger partial charge in [-0.25, -0.2) is 13.4 Å². The van der Waals surface area contributed by atoms with Crippen LogP contribution in [0, 0.1) is 6.92 Å². The predicted octanol–water partition coefficient (Wildman–Crippen LogP) is 5.08. The Morgan fingerprint density at radius 2 is 1.94 bits per heavy atom. The summed E-state index contributed by atoms with van der Waals surface area (Å²) < 4.78 is 70.3. The summed E-state index contributed by atoms with van der Waals surface area (Å²) in [5, 5.41) is 3.01. The molecule has 11 heteroatoms. The summed E-state index contributed by atoms with van der Waals surface area (Å²) in [6.07, 6.45) is -3.33. The number of aromatic nitrogens is 2. The number of nitrogens with one attached hydrogen (secondary N) is 1. The first-order valence-corrected chi connectivity index (χ1v) is 12.4. The number of halogens is 3. The topological polar surface area (TPSA) is 73.2 Å². The third-order valence-electron chi connectivity index (χ3n) is 4.74. The molecular weight excluding hydrogens is 475 g/mol. The van der Waals surface area contributed by atoms with Crippen molar-refractivity contribution in [3.63, 3.8) is 0 Å². The monoisotopic (exact) mass is 499 g/mol. The number of rotatable bonds is 7. The van der Waals surface area contributed by atoms with E-state index in [-0.39, 0.29) is 23.2 Å². The summed E-state index contributed by atoms with van der Waals surface area (Å²) in [4.78, 5) is 4.64. The minimum Gasteiger partial charge on any atom is -0.491 e. The number of fused-ring (bicyclic) bond motifs is 1. The van der Waals surface area contributed by atoms with Crippen molar-refractivity contribution in [2.75, 3.05) is 11.6 Å². The van der Waals surface area contributed by atoms with Gasteiger partial charge >= 0.3 is 6.18 Å². The summed E-state index contributed by atoms with van der Waals surface area (Å²) in [7, 11) is -3.45. The smallest absolute Gasteiger partial charge is 0.406 e. The molecule has 1 heterocycles. The number of anilines is 1. The van der Waals surface area contributed by atoms with E-state index in [0.717, 1.165) is 10.8 Å². The van der Waals surface area contributed by atoms with E-state index >= 15 is 0 Å². The van der Waals surface area contributed by atoms with E-state index in [2.05, 4.69) is 10.3 Å². The van der Waals surface area contributed by atoms with Gasteiger partial charge in [0.15, 0.2) is 9.84 Å². The molecule has 178 valence electrons. The van der Waals surface area contributed by atoms with Gasteiger partial charge in [-0.3, -0.25) is 0 Å². The van der Waals surface area contributed by atoms with Crippen molar-refractivity contribution in [3.8, 4) is 5.75 Å². The van der Waals surface area contributed by atoms with E-state index in [1.807, 2.05) is 13.8 Å². The first-order valence-electron chi connectivity index (χ1n) is 10.1. The van der Waals surface area contributed by atoms with Crippen LogP contribution < -0.4 is 10.1 Å². The van der Waals surface area contributed by atoms with E-state index in [4.69, 9.17) is 17.0 Å². The Balaban J connectivity index is 1.96. The molecule has 0 spiro atoms. The second kappa shape index (κ2) is 9.30. The highest BCUT2D eigenvalue weighted by molar-refractivity contribution is 7.90. The van der Waals surface area contributed by atoms with Gasteiger partial charge < -0.3 is 14.6 Å². The van der Waals surface area contributed by atoms with Crippen molar-refractivity contribution in [3.05, 3.63) is 47.8 Å². The van der Waals surface area contributed by atoms with Crippen LogP contribution >= 0.6 is 12.2 Å². The highest BCUT2D eigenvalue weighted by Crippen LogP contribution is 2.30. The van der Waals surface area contributed by atoms with Crippen LogP contribution in [-0.2, 0) is 22.8 Å². The van der Waals surface area contributed by atoms with E-state index in [0.29, 0.717) is 33.0 Å². The number of thiocarbonyl (C=S) groups is 1. The summed E-state index contributed by atoms with van der Waals surface area (Å²) in [6.45, 7) is 4.02. The molecule has 0 unspecified atom stereocenters. The predicted molar refractivity (Wildman–Crippen MR) is 126 cm³/mol. The molecule has 1 aromatic heterocycles. The average molecular weight is 500 g/mol. The fourth-order valence-corrected chi connectivity index (χ4v) is 4.37. The third-order valence-corrected chi connectivity index (χ3v) is 6.10. The zero-order valence-corrected chi connectivity index (χ0v) is 20.2. The molecule has 3 aromatic rings. The molecule has 6 nitrogen and oxygen atoms in total. The highest BCUT2D eigenvalue weighted by atomic mass is 32.2. The molecule has 1 N–H and O–H groups in total. The van der Waals surface area contributed by atoms with Crippen LogP contribution in [0.15, 0.2) is 41.3 Å². The lowest BCUT2D eigenvalue weighted by molar-refractivity contribution is -0.140. The van der Waals surface area contributed by atoms with Gasteiger partial charge in [0, 0.05) is 18.2 Å². The van der Waals surface area contributed by atoms with Crippen molar-refractivity contribution in [1.82, 2.24) is 9.55 Å². The molecule has 0 saturated carbocycles. The molecule has 0 atom stereocenters. The Morgan fingerprint density at radius 1 is 1.24 bits per heavy atom. The Bertz CT molecular complexity index is 1300. The first-order chi connectivity index (χ1) is 15.2. The van der Waals surface area contributed by atoms with Crippen LogP contribution in [-0.4, -0.2) is 41.5 Å². The minimum absolute atomic E-state index is 0.123. The highest BCUT2D eigenvalue weighted by Gasteiger charge is 2.30. The molecule has 2 aromatic carbocycles. The maximum Gasteiger partial charge on any atom is 0.406 e. The molecule has 0 aliphatic heterocycles. The van der Waals surface area contributed by atoms with E-state index in [1.165, 1.54) is 19.1 Å². The fourth-order valence-electron chi connectivity index (χ4n) is 3.44. The summed E-state index contributed by atoms with van der Waals surface area (Å²) >= 11 is 5.48. The Morgan fingerprint density at radius 3 is 2.55 bits per heavy atom. The van der Waals surface area contributed by atoms with Gasteiger partial charge in [-0.2, -0.15) is 13.2 Å². The summed E-state index contributed by atoms with van der Waals surface area (Å²) in [6, 6.07) is 9.48. The number of para-hydroxylation sites is 1. The molecular formula is C22H24F3N3O3S2. The molecule has 33 heavy (non-hydrogen) atoms. The van der Waals surface area contributed by atoms with Gasteiger partial charge in [-0.1, -0.05) is 18.3 Å². The lowest BCUT2D eigenvalue weighted by Gasteiger charge is -2.17. The van der Waals surface area contributed by atoms with E-state index in [9.17, 15) is 21.6 Å². The lowest BCUT2D eigenvalue weighted by atomic mass is 10.1. The zero-order valence-electron chi connectivity index (χ0n) is 18.5. The van der Waals surface area contributed by atoms with Crippen LogP contribution in [0.5, 0.6) is 5.75 Å². The number of nitrogens with zero attached hydrogens (tertiary/aromatic N) is 2. The molecule has 0 saturated heterocycles. The van der Waals surface area contributed by atoms with Gasteiger partial charge in [0.2, 0.25) is 0 Å². The summed E-state index contributed by atoms with van der Waals surface area (Å²) in [5.74, 6) is 0.716. The minimum atomic E-state index is -4.42.